The highest BCUT2D eigenvalue weighted by molar-refractivity contribution is 7.92. The molecule has 1 N–H and O–H groups in total. The summed E-state index contributed by atoms with van der Waals surface area (Å²) in [6, 6.07) is 8.01. The third kappa shape index (κ3) is 3.03. The molecule has 0 radical (unpaired) electrons. The van der Waals surface area contributed by atoms with E-state index in [0.29, 0.717) is 11.4 Å². The first kappa shape index (κ1) is 13.4. The fraction of sp³-hybridized carbons (Fsp3) is 0.154. The van der Waals surface area contributed by atoms with Crippen LogP contribution in [0.5, 0.6) is 5.75 Å². The van der Waals surface area contributed by atoms with Gasteiger partial charge < -0.3 is 4.74 Å². The zero-order valence-electron chi connectivity index (χ0n) is 10.6. The fourth-order valence-corrected chi connectivity index (χ4v) is 2.78. The fourth-order valence-electron chi connectivity index (χ4n) is 1.66. The number of pyridine rings is 1. The minimum Gasteiger partial charge on any atom is -0.496 e. The van der Waals surface area contributed by atoms with E-state index in [4.69, 9.17) is 4.74 Å². The van der Waals surface area contributed by atoms with Gasteiger partial charge in [-0.2, -0.15) is 0 Å². The van der Waals surface area contributed by atoms with Gasteiger partial charge in [-0.3, -0.25) is 9.71 Å². The highest BCUT2D eigenvalue weighted by Gasteiger charge is 2.15. The van der Waals surface area contributed by atoms with Crippen molar-refractivity contribution in [2.45, 2.75) is 11.8 Å². The second-order valence-electron chi connectivity index (χ2n) is 3.98. The normalized spacial score (nSPS) is 11.1. The molecule has 0 saturated heterocycles. The molecule has 5 nitrogen and oxygen atoms in total. The molecule has 2 rings (SSSR count). The Morgan fingerprint density at radius 2 is 2.05 bits per heavy atom. The third-order valence-corrected chi connectivity index (χ3v) is 3.97. The van der Waals surface area contributed by atoms with Gasteiger partial charge in [0.05, 0.1) is 23.9 Å². The van der Waals surface area contributed by atoms with E-state index in [2.05, 4.69) is 9.71 Å². The lowest BCUT2D eigenvalue weighted by molar-refractivity contribution is 0.411. The van der Waals surface area contributed by atoms with Crippen molar-refractivity contribution in [1.29, 1.82) is 0 Å². The Labute approximate surface area is 112 Å². The number of methoxy groups -OCH3 is 1. The maximum absolute atomic E-state index is 12.2. The molecule has 19 heavy (non-hydrogen) atoms. The summed E-state index contributed by atoms with van der Waals surface area (Å²) < 4.78 is 31.9. The summed E-state index contributed by atoms with van der Waals surface area (Å²) >= 11 is 0. The van der Waals surface area contributed by atoms with E-state index in [-0.39, 0.29) is 4.90 Å². The molecule has 0 spiro atoms. The van der Waals surface area contributed by atoms with E-state index >= 15 is 0 Å². The molecule has 0 atom stereocenters. The number of hydrogen-bond acceptors (Lipinski definition) is 4. The Balaban J connectivity index is 2.32. The zero-order valence-corrected chi connectivity index (χ0v) is 11.4. The number of aromatic nitrogens is 1. The highest BCUT2D eigenvalue weighted by Crippen LogP contribution is 2.22. The van der Waals surface area contributed by atoms with E-state index in [0.717, 1.165) is 5.56 Å². The molecule has 0 saturated carbocycles. The van der Waals surface area contributed by atoms with Crippen LogP contribution in [0.3, 0.4) is 0 Å². The van der Waals surface area contributed by atoms with E-state index in [1.165, 1.54) is 12.3 Å². The van der Waals surface area contributed by atoms with E-state index < -0.39 is 10.0 Å². The maximum Gasteiger partial charge on any atom is 0.261 e. The van der Waals surface area contributed by atoms with Crippen LogP contribution in [0.1, 0.15) is 5.56 Å². The van der Waals surface area contributed by atoms with Gasteiger partial charge in [0, 0.05) is 6.20 Å². The number of rotatable bonds is 4. The average Bonchev–Trinajstić information content (AvgIpc) is 2.39. The van der Waals surface area contributed by atoms with E-state index in [9.17, 15) is 8.42 Å². The van der Waals surface area contributed by atoms with Gasteiger partial charge in [-0.25, -0.2) is 8.42 Å². The first-order valence-corrected chi connectivity index (χ1v) is 7.09. The largest absolute Gasteiger partial charge is 0.496 e. The molecule has 0 aliphatic carbocycles. The zero-order chi connectivity index (χ0) is 13.9. The van der Waals surface area contributed by atoms with Crippen LogP contribution in [-0.2, 0) is 10.0 Å². The number of hydrogen-bond donors (Lipinski definition) is 1. The quantitative estimate of drug-likeness (QED) is 0.931. The number of sulfonamides is 1. The van der Waals surface area contributed by atoms with Crippen LogP contribution < -0.4 is 9.46 Å². The Kier molecular flexibility index (Phi) is 3.71. The molecular formula is C13H14N2O3S. The predicted octanol–water partition coefficient (Wildman–Crippen LogP) is 2.20. The van der Waals surface area contributed by atoms with Crippen molar-refractivity contribution in [3.8, 4) is 5.75 Å². The van der Waals surface area contributed by atoms with Crippen LogP contribution in [0.2, 0.25) is 0 Å². The minimum absolute atomic E-state index is 0.189. The topological polar surface area (TPSA) is 68.3 Å². The molecule has 0 amide bonds. The average molecular weight is 278 g/mol. The molecule has 0 fully saturated rings. The van der Waals surface area contributed by atoms with Crippen molar-refractivity contribution in [3.05, 3.63) is 48.3 Å². The lowest BCUT2D eigenvalue weighted by Crippen LogP contribution is -2.13. The van der Waals surface area contributed by atoms with Crippen molar-refractivity contribution in [2.75, 3.05) is 11.8 Å². The standard InChI is InChI=1S/C13H14N2O3S/c1-10-8-12(5-6-13(10)18-2)19(16,17)15-11-4-3-7-14-9-11/h3-9,15H,1-2H3. The molecule has 6 heteroatoms. The number of benzene rings is 1. The lowest BCUT2D eigenvalue weighted by atomic mass is 10.2. The molecule has 100 valence electrons. The van der Waals surface area contributed by atoms with Gasteiger partial charge in [-0.1, -0.05) is 0 Å². The van der Waals surface area contributed by atoms with Gasteiger partial charge in [-0.15, -0.1) is 0 Å². The summed E-state index contributed by atoms with van der Waals surface area (Å²) in [6.07, 6.45) is 3.03. The third-order valence-electron chi connectivity index (χ3n) is 2.59. The summed E-state index contributed by atoms with van der Waals surface area (Å²) in [5.74, 6) is 0.653. The van der Waals surface area contributed by atoms with Gasteiger partial charge in [0.15, 0.2) is 0 Å². The SMILES string of the molecule is COc1ccc(S(=O)(=O)Nc2cccnc2)cc1C. The van der Waals surface area contributed by atoms with Crippen molar-refractivity contribution in [3.63, 3.8) is 0 Å². The monoisotopic (exact) mass is 278 g/mol. The van der Waals surface area contributed by atoms with Crippen molar-refractivity contribution >= 4 is 15.7 Å². The van der Waals surface area contributed by atoms with Crippen LogP contribution in [0.15, 0.2) is 47.6 Å². The second-order valence-corrected chi connectivity index (χ2v) is 5.66. The first-order chi connectivity index (χ1) is 9.03. The second kappa shape index (κ2) is 5.27. The Morgan fingerprint density at radius 3 is 2.63 bits per heavy atom. The van der Waals surface area contributed by atoms with Crippen molar-refractivity contribution in [1.82, 2.24) is 4.98 Å². The number of anilines is 1. The van der Waals surface area contributed by atoms with E-state index in [1.807, 2.05) is 0 Å². The van der Waals surface area contributed by atoms with Crippen LogP contribution >= 0.6 is 0 Å². The summed E-state index contributed by atoms with van der Waals surface area (Å²) in [5.41, 5.74) is 1.19. The van der Waals surface area contributed by atoms with Crippen molar-refractivity contribution in [2.24, 2.45) is 0 Å². The van der Waals surface area contributed by atoms with Crippen LogP contribution in [-0.4, -0.2) is 20.5 Å². The van der Waals surface area contributed by atoms with Gasteiger partial charge >= 0.3 is 0 Å². The predicted molar refractivity (Wildman–Crippen MR) is 72.8 cm³/mol. The van der Waals surface area contributed by atoms with Crippen LogP contribution in [0.25, 0.3) is 0 Å². The Morgan fingerprint density at radius 1 is 1.26 bits per heavy atom. The summed E-state index contributed by atoms with van der Waals surface area (Å²) in [5, 5.41) is 0. The van der Waals surface area contributed by atoms with E-state index in [1.54, 1.807) is 44.5 Å². The molecule has 2 aromatic rings. The van der Waals surface area contributed by atoms with Crippen LogP contribution in [0.4, 0.5) is 5.69 Å². The van der Waals surface area contributed by atoms with Crippen molar-refractivity contribution < 1.29 is 13.2 Å². The molecule has 0 aliphatic rings. The smallest absolute Gasteiger partial charge is 0.261 e. The minimum atomic E-state index is -3.61. The number of aryl methyl sites for hydroxylation is 1. The van der Waals surface area contributed by atoms with Gasteiger partial charge in [-0.05, 0) is 42.8 Å². The van der Waals surface area contributed by atoms with Gasteiger partial charge in [0.1, 0.15) is 5.75 Å². The van der Waals surface area contributed by atoms with Gasteiger partial charge in [0.2, 0.25) is 0 Å². The number of ether oxygens (including phenoxy) is 1. The molecule has 1 aromatic heterocycles. The molecule has 0 unspecified atom stereocenters. The maximum atomic E-state index is 12.2. The Hall–Kier alpha value is -2.08. The molecule has 0 aliphatic heterocycles. The first-order valence-electron chi connectivity index (χ1n) is 5.60. The number of nitrogens with zero attached hydrogens (tertiary/aromatic N) is 1. The molecule has 1 heterocycles. The Bertz CT molecular complexity index is 670. The lowest BCUT2D eigenvalue weighted by Gasteiger charge is -2.10. The molecule has 0 bridgehead atoms. The van der Waals surface area contributed by atoms with Gasteiger partial charge in [0.25, 0.3) is 10.0 Å². The summed E-state index contributed by atoms with van der Waals surface area (Å²) in [7, 11) is -2.06. The van der Waals surface area contributed by atoms with Crippen LogP contribution in [0, 0.1) is 6.92 Å². The summed E-state index contributed by atoms with van der Waals surface area (Å²) in [4.78, 5) is 4.05. The molecule has 1 aromatic carbocycles. The summed E-state index contributed by atoms with van der Waals surface area (Å²) in [6.45, 7) is 1.79. The highest BCUT2D eigenvalue weighted by atomic mass is 32.2. The number of nitrogens with one attached hydrogen (secondary N) is 1. The molecular weight excluding hydrogens is 264 g/mol.